The van der Waals surface area contributed by atoms with E-state index in [4.69, 9.17) is 17.2 Å². The number of benzene rings is 1. The zero-order valence-corrected chi connectivity index (χ0v) is 39.6. The monoisotopic (exact) mass is 978 g/mol. The molecule has 68 heavy (non-hydrogen) atoms. The van der Waals surface area contributed by atoms with Crippen molar-refractivity contribution in [1.82, 2.24) is 36.8 Å². The van der Waals surface area contributed by atoms with Crippen LogP contribution in [0.4, 0.5) is 0 Å². The van der Waals surface area contributed by atoms with Crippen molar-refractivity contribution in [2.75, 3.05) is 38.5 Å². The summed E-state index contributed by atoms with van der Waals surface area (Å²) >= 11 is 0.998. The molecule has 25 heteroatoms. The molecule has 3 heterocycles. The second kappa shape index (κ2) is 32.8. The maximum atomic E-state index is 13.6. The molecule has 1 aromatic carbocycles. The van der Waals surface area contributed by atoms with E-state index in [-0.39, 0.29) is 81.9 Å². The van der Waals surface area contributed by atoms with Crippen molar-refractivity contribution in [2.24, 2.45) is 17.2 Å². The third-order valence-electron chi connectivity index (χ3n) is 9.83. The molecule has 5 unspecified atom stereocenters. The van der Waals surface area contributed by atoms with Crippen molar-refractivity contribution < 1.29 is 67.5 Å². The van der Waals surface area contributed by atoms with Crippen LogP contribution in [0.15, 0.2) is 24.3 Å². The van der Waals surface area contributed by atoms with Crippen molar-refractivity contribution in [3.05, 3.63) is 29.8 Å². The van der Waals surface area contributed by atoms with Crippen LogP contribution in [-0.4, -0.2) is 159 Å². The van der Waals surface area contributed by atoms with Gasteiger partial charge in [0.05, 0.1) is 26.1 Å². The molecule has 3 aliphatic heterocycles. The van der Waals surface area contributed by atoms with Gasteiger partial charge in [-0.15, -0.1) is 11.8 Å². The van der Waals surface area contributed by atoms with Gasteiger partial charge >= 0.3 is 11.9 Å². The summed E-state index contributed by atoms with van der Waals surface area (Å²) in [5.41, 5.74) is 16.7. The van der Waals surface area contributed by atoms with E-state index >= 15 is 0 Å². The molecule has 1 aromatic rings. The van der Waals surface area contributed by atoms with Gasteiger partial charge in [-0.1, -0.05) is 45.7 Å². The zero-order valence-electron chi connectivity index (χ0n) is 38.8. The molecule has 10 amide bonds. The lowest BCUT2D eigenvalue weighted by molar-refractivity contribution is -0.445. The van der Waals surface area contributed by atoms with Crippen LogP contribution in [-0.2, 0) is 59.2 Å². The predicted octanol–water partition coefficient (Wildman–Crippen LogP) is -2.79. The van der Waals surface area contributed by atoms with Crippen LogP contribution in [0, 0.1) is 0 Å². The average Bonchev–Trinajstić information content (AvgIpc) is 3.92. The lowest BCUT2D eigenvalue weighted by Crippen LogP contribution is -2.58. The summed E-state index contributed by atoms with van der Waals surface area (Å²) < 4.78 is 1.20. The number of fused-ring (bicyclic) bond motifs is 2. The molecule has 4 rings (SSSR count). The highest BCUT2D eigenvalue weighted by Gasteiger charge is 2.40. The van der Waals surface area contributed by atoms with Crippen LogP contribution in [0.25, 0.3) is 0 Å². The van der Waals surface area contributed by atoms with Gasteiger partial charge in [0.25, 0.3) is 5.84 Å². The SMILES string of the molecule is CCC.CCCC1NC(=O)C(Cc2ccc(O)cc2)NC(=O)CCSC(C(=O)O)CC[N+]2=C(N)CC(NC(=O)C(CCC(N)=O)NC1=O)C2=O.NC(=O)CNC(=O)CNC=O.O=CN1CCCC1. The lowest BCUT2D eigenvalue weighted by atomic mass is 10.0. The number of carbonyl (C=O) groups excluding carboxylic acids is 10. The zero-order chi connectivity index (χ0) is 51.2. The molecule has 0 aliphatic carbocycles. The largest absolute Gasteiger partial charge is 0.508 e. The van der Waals surface area contributed by atoms with Crippen molar-refractivity contribution >= 4 is 83.6 Å². The Hall–Kier alpha value is -6.79. The fraction of sp³-hybridized carbons (Fsp3) is 0.581. The number of hydrogen-bond donors (Lipinski definition) is 11. The molecule has 0 aromatic heterocycles. The minimum absolute atomic E-state index is 0.00325. The standard InChI is InChI=1S/C30H41N7O9S.C5H9N3O3.C5H9NO.C3H8/c1-2-3-18-26(41)35-19(8-9-24(32)39)27(42)36-21-15-23(31)37(29(21)44)12-10-22(30(45)46)47-13-11-25(40)33-20(28(43)34-18)14-16-4-6-17(38)7-5-16;6-4(10)1-8-5(11)2-7-3-9;7-5-6-3-1-2-4-6;1-3-2/h4-7,18-22,31H,2-3,8-15H2,1H3,(H8,32,33,34,35,36,38,39,40,41,42,43,45,46);3H,1-2H2,(H2,6,10)(H,7,9)(H,8,11);5H,1-4H2;3H2,1-2H3/p+1. The van der Waals surface area contributed by atoms with Crippen molar-refractivity contribution in [1.29, 1.82) is 0 Å². The van der Waals surface area contributed by atoms with Crippen LogP contribution < -0.4 is 49.1 Å². The fourth-order valence-corrected chi connectivity index (χ4v) is 7.43. The second-order valence-electron chi connectivity index (χ2n) is 15.7. The van der Waals surface area contributed by atoms with Gasteiger partial charge in [0.15, 0.2) is 0 Å². The number of primary amides is 2. The van der Waals surface area contributed by atoms with Crippen molar-refractivity contribution in [3.63, 3.8) is 0 Å². The summed E-state index contributed by atoms with van der Waals surface area (Å²) in [4.78, 5) is 132. The third-order valence-corrected chi connectivity index (χ3v) is 11.1. The predicted molar refractivity (Wildman–Crippen MR) is 249 cm³/mol. The van der Waals surface area contributed by atoms with Gasteiger partial charge in [0.2, 0.25) is 54.2 Å². The minimum atomic E-state index is -1.31. The Kier molecular flexibility index (Phi) is 28.6. The first-order valence-electron chi connectivity index (χ1n) is 22.2. The van der Waals surface area contributed by atoms with E-state index in [2.05, 4.69) is 45.7 Å². The topological polar surface area (TPSA) is 385 Å². The Balaban J connectivity index is 0.000000902. The minimum Gasteiger partial charge on any atom is -0.508 e. The van der Waals surface area contributed by atoms with E-state index in [1.807, 2.05) is 0 Å². The van der Waals surface area contributed by atoms with Crippen LogP contribution in [0.2, 0.25) is 0 Å². The van der Waals surface area contributed by atoms with Crippen molar-refractivity contribution in [2.45, 2.75) is 121 Å². The number of nitrogens with two attached hydrogens (primary N) is 3. The quantitative estimate of drug-likeness (QED) is 0.0663. The fourth-order valence-electron chi connectivity index (χ4n) is 6.42. The second-order valence-corrected chi connectivity index (χ2v) is 17.0. The summed E-state index contributed by atoms with van der Waals surface area (Å²) in [6.45, 7) is 7.58. The first kappa shape index (κ1) is 59.2. The Labute approximate surface area is 399 Å². The van der Waals surface area contributed by atoms with E-state index in [0.29, 0.717) is 18.4 Å². The van der Waals surface area contributed by atoms with Crippen LogP contribution in [0.3, 0.4) is 0 Å². The van der Waals surface area contributed by atoms with Gasteiger partial charge in [-0.25, -0.2) is 4.79 Å². The van der Waals surface area contributed by atoms with Gasteiger partial charge in [0, 0.05) is 44.5 Å². The van der Waals surface area contributed by atoms with Gasteiger partial charge in [-0.05, 0) is 43.4 Å². The van der Waals surface area contributed by atoms with Crippen LogP contribution in [0.1, 0.15) is 90.5 Å². The number of nitrogens with zero attached hydrogens (tertiary/aromatic N) is 2. The van der Waals surface area contributed by atoms with E-state index in [1.165, 1.54) is 36.0 Å². The lowest BCUT2D eigenvalue weighted by Gasteiger charge is -2.26. The number of nitrogens with one attached hydrogen (secondary N) is 6. The molecule has 5 atom stereocenters. The molecule has 0 radical (unpaired) electrons. The average molecular weight is 979 g/mol. The number of amidine groups is 1. The molecule has 378 valence electrons. The smallest absolute Gasteiger partial charge is 0.332 e. The number of hydrogen-bond acceptors (Lipinski definition) is 14. The van der Waals surface area contributed by atoms with Crippen LogP contribution in [0.5, 0.6) is 5.75 Å². The van der Waals surface area contributed by atoms with Gasteiger partial charge in [0.1, 0.15) is 35.2 Å². The molecule has 3 aliphatic rings. The molecule has 0 saturated carbocycles. The molecule has 24 nitrogen and oxygen atoms in total. The van der Waals surface area contributed by atoms with Crippen LogP contribution >= 0.6 is 11.8 Å². The normalized spacial score (nSPS) is 21.2. The number of carboxylic acid groups (broad SMARTS) is 1. The number of aromatic hydroxyl groups is 1. The first-order valence-corrected chi connectivity index (χ1v) is 23.3. The number of amides is 10. The van der Waals surface area contributed by atoms with Gasteiger partial charge in [-0.2, -0.15) is 4.58 Å². The summed E-state index contributed by atoms with van der Waals surface area (Å²) in [6, 6.07) is 1.33. The molecule has 2 bridgehead atoms. The highest BCUT2D eigenvalue weighted by molar-refractivity contribution is 8.00. The summed E-state index contributed by atoms with van der Waals surface area (Å²) in [6.07, 6.45) is 4.94. The maximum Gasteiger partial charge on any atom is 0.332 e. The van der Waals surface area contributed by atoms with E-state index < -0.39 is 82.6 Å². The van der Waals surface area contributed by atoms with Gasteiger partial charge < -0.3 is 58.5 Å². The number of rotatable bonds is 14. The van der Waals surface area contributed by atoms with E-state index in [1.54, 1.807) is 24.0 Å². The molecule has 2 fully saturated rings. The Morgan fingerprint density at radius 3 is 1.97 bits per heavy atom. The molecule has 0 spiro atoms. The number of aliphatic carboxylic acids is 1. The molecular weight excluding hydrogens is 911 g/mol. The Bertz CT molecular complexity index is 1910. The number of phenols is 1. The Morgan fingerprint density at radius 2 is 1.44 bits per heavy atom. The van der Waals surface area contributed by atoms with Crippen molar-refractivity contribution in [3.8, 4) is 5.75 Å². The third kappa shape index (κ3) is 23.6. The molecule has 14 N–H and O–H groups in total. The molecule has 2 saturated heterocycles. The Morgan fingerprint density at radius 1 is 0.853 bits per heavy atom. The summed E-state index contributed by atoms with van der Waals surface area (Å²) in [5.74, 6) is -6.00. The highest BCUT2D eigenvalue weighted by Crippen LogP contribution is 2.19. The summed E-state index contributed by atoms with van der Waals surface area (Å²) in [5, 5.41) is 33.2. The number of carboxylic acids is 1. The molecular formula is C43H68N11O13S+. The van der Waals surface area contributed by atoms with E-state index in [0.717, 1.165) is 31.3 Å². The van der Waals surface area contributed by atoms with E-state index in [9.17, 15) is 63.0 Å². The number of carbonyl (C=O) groups is 11. The number of likely N-dealkylation sites (tertiary alicyclic amines) is 1. The number of phenolic OH excluding ortho intramolecular Hbond substituents is 1. The summed E-state index contributed by atoms with van der Waals surface area (Å²) in [7, 11) is 0. The maximum absolute atomic E-state index is 13.6. The number of thioether (sulfide) groups is 1. The highest BCUT2D eigenvalue weighted by atomic mass is 32.2. The first-order chi connectivity index (χ1) is 32.3. The van der Waals surface area contributed by atoms with Gasteiger partial charge in [-0.3, -0.25) is 53.7 Å².